The van der Waals surface area contributed by atoms with E-state index in [0.29, 0.717) is 6.04 Å². The number of hydrogen-bond donors (Lipinski definition) is 1. The second kappa shape index (κ2) is 6.75. The minimum absolute atomic E-state index is 0.105. The lowest BCUT2D eigenvalue weighted by atomic mass is 10.1. The number of anilines is 1. The van der Waals surface area contributed by atoms with Gasteiger partial charge in [0.2, 0.25) is 0 Å². The van der Waals surface area contributed by atoms with E-state index in [0.717, 1.165) is 30.9 Å². The highest BCUT2D eigenvalue weighted by Gasteiger charge is 2.24. The highest BCUT2D eigenvalue weighted by atomic mass is 16.2. The van der Waals surface area contributed by atoms with Gasteiger partial charge in [0.1, 0.15) is 0 Å². The second-order valence-corrected chi connectivity index (χ2v) is 5.57. The highest BCUT2D eigenvalue weighted by molar-refractivity contribution is 5.94. The molecule has 0 radical (unpaired) electrons. The number of likely N-dealkylation sites (N-methyl/N-ethyl adjacent to an activating group) is 2. The molecule has 1 atom stereocenters. The first kappa shape index (κ1) is 14.9. The average molecular weight is 275 g/mol. The molecule has 4 nitrogen and oxygen atoms in total. The van der Waals surface area contributed by atoms with E-state index < -0.39 is 0 Å². The maximum absolute atomic E-state index is 12.4. The fourth-order valence-corrected chi connectivity index (χ4v) is 2.76. The Labute approximate surface area is 121 Å². The molecule has 1 fully saturated rings. The SMILES string of the molecule is CCNc1ccc(C(=O)N(C)CC2CCCN2C)cc1. The van der Waals surface area contributed by atoms with Gasteiger partial charge in [0.15, 0.2) is 0 Å². The summed E-state index contributed by atoms with van der Waals surface area (Å²) in [5.41, 5.74) is 1.82. The summed E-state index contributed by atoms with van der Waals surface area (Å²) < 4.78 is 0. The molecule has 110 valence electrons. The van der Waals surface area contributed by atoms with Crippen molar-refractivity contribution in [2.75, 3.05) is 39.0 Å². The molecule has 1 aliphatic rings. The predicted octanol–water partition coefficient (Wildman–Crippen LogP) is 2.28. The summed E-state index contributed by atoms with van der Waals surface area (Å²) in [6, 6.07) is 8.23. The third kappa shape index (κ3) is 3.51. The van der Waals surface area contributed by atoms with Gasteiger partial charge in [-0.3, -0.25) is 4.79 Å². The molecule has 2 rings (SSSR count). The second-order valence-electron chi connectivity index (χ2n) is 5.57. The molecule has 0 bridgehead atoms. The lowest BCUT2D eigenvalue weighted by Gasteiger charge is -2.26. The van der Waals surface area contributed by atoms with Crippen LogP contribution in [0.3, 0.4) is 0 Å². The number of rotatable bonds is 5. The third-order valence-corrected chi connectivity index (χ3v) is 4.02. The molecular formula is C16H25N3O. The van der Waals surface area contributed by atoms with Crippen LogP contribution >= 0.6 is 0 Å². The zero-order chi connectivity index (χ0) is 14.5. The van der Waals surface area contributed by atoms with Gasteiger partial charge in [-0.1, -0.05) is 0 Å². The van der Waals surface area contributed by atoms with Crippen LogP contribution in [0.15, 0.2) is 24.3 Å². The number of carbonyl (C=O) groups is 1. The van der Waals surface area contributed by atoms with Crippen molar-refractivity contribution in [1.82, 2.24) is 9.80 Å². The van der Waals surface area contributed by atoms with Crippen molar-refractivity contribution >= 4 is 11.6 Å². The minimum Gasteiger partial charge on any atom is -0.385 e. The van der Waals surface area contributed by atoms with E-state index in [4.69, 9.17) is 0 Å². The molecule has 4 heteroatoms. The van der Waals surface area contributed by atoms with Crippen LogP contribution in [0.25, 0.3) is 0 Å². The smallest absolute Gasteiger partial charge is 0.253 e. The Balaban J connectivity index is 1.95. The van der Waals surface area contributed by atoms with Gasteiger partial charge in [0.05, 0.1) is 0 Å². The van der Waals surface area contributed by atoms with Crippen LogP contribution in [-0.4, -0.2) is 55.5 Å². The lowest BCUT2D eigenvalue weighted by molar-refractivity contribution is 0.0761. The summed E-state index contributed by atoms with van der Waals surface area (Å²) in [4.78, 5) is 16.6. The Morgan fingerprint density at radius 1 is 1.40 bits per heavy atom. The maximum Gasteiger partial charge on any atom is 0.253 e. The van der Waals surface area contributed by atoms with Crippen LogP contribution in [0.4, 0.5) is 5.69 Å². The largest absolute Gasteiger partial charge is 0.385 e. The van der Waals surface area contributed by atoms with Crippen LogP contribution in [-0.2, 0) is 0 Å². The summed E-state index contributed by atoms with van der Waals surface area (Å²) in [6.07, 6.45) is 2.42. The number of likely N-dealkylation sites (tertiary alicyclic amines) is 1. The summed E-state index contributed by atoms with van der Waals surface area (Å²) in [6.45, 7) is 4.90. The molecule has 1 amide bonds. The molecule has 1 aliphatic heterocycles. The first-order valence-corrected chi connectivity index (χ1v) is 7.41. The van der Waals surface area contributed by atoms with E-state index >= 15 is 0 Å². The van der Waals surface area contributed by atoms with Crippen molar-refractivity contribution in [3.63, 3.8) is 0 Å². The van der Waals surface area contributed by atoms with Gasteiger partial charge >= 0.3 is 0 Å². The van der Waals surface area contributed by atoms with Crippen molar-refractivity contribution in [2.24, 2.45) is 0 Å². The van der Waals surface area contributed by atoms with Crippen LogP contribution in [0, 0.1) is 0 Å². The minimum atomic E-state index is 0.105. The molecule has 1 N–H and O–H groups in total. The normalized spacial score (nSPS) is 19.1. The molecule has 1 unspecified atom stereocenters. The number of benzene rings is 1. The molecule has 1 saturated heterocycles. The Bertz CT molecular complexity index is 444. The Kier molecular flexibility index (Phi) is 5.01. The van der Waals surface area contributed by atoms with E-state index in [9.17, 15) is 4.79 Å². The molecule has 1 aromatic carbocycles. The van der Waals surface area contributed by atoms with E-state index in [1.165, 1.54) is 12.8 Å². The third-order valence-electron chi connectivity index (χ3n) is 4.02. The van der Waals surface area contributed by atoms with Crippen LogP contribution < -0.4 is 5.32 Å². The maximum atomic E-state index is 12.4. The molecule has 0 aromatic heterocycles. The number of nitrogens with zero attached hydrogens (tertiary/aromatic N) is 2. The summed E-state index contributed by atoms with van der Waals surface area (Å²) in [5, 5.41) is 3.24. The summed E-state index contributed by atoms with van der Waals surface area (Å²) in [5.74, 6) is 0.105. The molecule has 0 aliphatic carbocycles. The molecule has 1 aromatic rings. The molecule has 0 saturated carbocycles. The van der Waals surface area contributed by atoms with Crippen LogP contribution in [0.5, 0.6) is 0 Å². The van der Waals surface area contributed by atoms with Gasteiger partial charge in [-0.05, 0) is 57.6 Å². The summed E-state index contributed by atoms with van der Waals surface area (Å²) in [7, 11) is 4.04. The standard InChI is InChI=1S/C16H25N3O/c1-4-17-14-9-7-13(8-10-14)16(20)19(3)12-15-6-5-11-18(15)2/h7-10,15,17H,4-6,11-12H2,1-3H3. The Morgan fingerprint density at radius 2 is 2.10 bits per heavy atom. The number of nitrogens with one attached hydrogen (secondary N) is 1. The predicted molar refractivity (Wildman–Crippen MR) is 83.2 cm³/mol. The first-order valence-electron chi connectivity index (χ1n) is 7.41. The van der Waals surface area contributed by atoms with Crippen molar-refractivity contribution < 1.29 is 4.79 Å². The van der Waals surface area contributed by atoms with E-state index in [2.05, 4.69) is 24.2 Å². The quantitative estimate of drug-likeness (QED) is 0.895. The topological polar surface area (TPSA) is 35.6 Å². The van der Waals surface area contributed by atoms with Crippen molar-refractivity contribution in [3.8, 4) is 0 Å². The van der Waals surface area contributed by atoms with Gasteiger partial charge in [0.25, 0.3) is 5.91 Å². The van der Waals surface area contributed by atoms with Gasteiger partial charge in [0, 0.05) is 37.4 Å². The van der Waals surface area contributed by atoms with Crippen LogP contribution in [0.2, 0.25) is 0 Å². The van der Waals surface area contributed by atoms with Gasteiger partial charge in [-0.2, -0.15) is 0 Å². The van der Waals surface area contributed by atoms with Crippen molar-refractivity contribution in [2.45, 2.75) is 25.8 Å². The van der Waals surface area contributed by atoms with Crippen LogP contribution in [0.1, 0.15) is 30.1 Å². The lowest BCUT2D eigenvalue weighted by Crippen LogP contribution is -2.39. The Morgan fingerprint density at radius 3 is 2.65 bits per heavy atom. The van der Waals surface area contributed by atoms with Crippen molar-refractivity contribution in [3.05, 3.63) is 29.8 Å². The Hall–Kier alpha value is -1.55. The fourth-order valence-electron chi connectivity index (χ4n) is 2.76. The zero-order valence-corrected chi connectivity index (χ0v) is 12.7. The van der Waals surface area contributed by atoms with Crippen molar-refractivity contribution in [1.29, 1.82) is 0 Å². The average Bonchev–Trinajstić information content (AvgIpc) is 2.85. The monoisotopic (exact) mass is 275 g/mol. The molecule has 1 heterocycles. The van der Waals surface area contributed by atoms with E-state index in [1.54, 1.807) is 0 Å². The highest BCUT2D eigenvalue weighted by Crippen LogP contribution is 2.17. The molecule has 0 spiro atoms. The molecular weight excluding hydrogens is 250 g/mol. The number of carbonyl (C=O) groups excluding carboxylic acids is 1. The van der Waals surface area contributed by atoms with E-state index in [-0.39, 0.29) is 5.91 Å². The van der Waals surface area contributed by atoms with Gasteiger partial charge < -0.3 is 15.1 Å². The van der Waals surface area contributed by atoms with E-state index in [1.807, 2.05) is 36.2 Å². The molecule has 20 heavy (non-hydrogen) atoms. The number of hydrogen-bond acceptors (Lipinski definition) is 3. The van der Waals surface area contributed by atoms with Gasteiger partial charge in [-0.15, -0.1) is 0 Å². The zero-order valence-electron chi connectivity index (χ0n) is 12.7. The summed E-state index contributed by atoms with van der Waals surface area (Å²) >= 11 is 0. The number of amides is 1. The fraction of sp³-hybridized carbons (Fsp3) is 0.562. The first-order chi connectivity index (χ1) is 9.61. The van der Waals surface area contributed by atoms with Gasteiger partial charge in [-0.25, -0.2) is 0 Å².